The van der Waals surface area contributed by atoms with Crippen molar-refractivity contribution in [3.05, 3.63) is 47.3 Å². The topological polar surface area (TPSA) is 49.6 Å². The van der Waals surface area contributed by atoms with Crippen molar-refractivity contribution in [3.8, 4) is 17.5 Å². The number of hydrogen-bond donors (Lipinski definition) is 0. The fraction of sp³-hybridized carbons (Fsp3) is 0.542. The molecule has 1 heterocycles. The molecule has 1 fully saturated rings. The summed E-state index contributed by atoms with van der Waals surface area (Å²) in [4.78, 5) is 8.96. The van der Waals surface area contributed by atoms with Crippen LogP contribution >= 0.6 is 0 Å². The maximum absolute atomic E-state index is 14.0. The molecule has 2 aromatic rings. The zero-order chi connectivity index (χ0) is 20.9. The zero-order valence-corrected chi connectivity index (χ0v) is 17.3. The first-order valence-corrected chi connectivity index (χ1v) is 10.8. The lowest BCUT2D eigenvalue weighted by molar-refractivity contribution is 0.167. The predicted octanol–water partition coefficient (Wildman–Crippen LogP) is 6.71. The molecule has 0 radical (unpaired) electrons. The van der Waals surface area contributed by atoms with Gasteiger partial charge in [0.15, 0.2) is 5.82 Å². The highest BCUT2D eigenvalue weighted by atomic mass is 19.1. The van der Waals surface area contributed by atoms with E-state index >= 15 is 0 Å². The lowest BCUT2D eigenvalue weighted by Crippen LogP contribution is -2.37. The van der Waals surface area contributed by atoms with Gasteiger partial charge in [0.05, 0.1) is 0 Å². The normalized spacial score (nSPS) is 16.0. The minimum Gasteiger partial charge on any atom is -0.236 e. The average molecular weight is 398 g/mol. The van der Waals surface area contributed by atoms with E-state index in [1.807, 2.05) is 12.4 Å². The maximum Gasteiger partial charge on any atom is 0.159 e. The first-order valence-electron chi connectivity index (χ1n) is 10.8. The average Bonchev–Trinajstić information content (AvgIpc) is 2.74. The molecular weight excluding hydrogens is 368 g/mol. The van der Waals surface area contributed by atoms with Gasteiger partial charge in [-0.25, -0.2) is 18.7 Å². The molecule has 1 aromatic heterocycles. The van der Waals surface area contributed by atoms with Crippen LogP contribution in [0.4, 0.5) is 8.78 Å². The van der Waals surface area contributed by atoms with Crippen LogP contribution in [0.3, 0.4) is 0 Å². The molecular formula is C24H29F2N3. The van der Waals surface area contributed by atoms with Gasteiger partial charge < -0.3 is 0 Å². The van der Waals surface area contributed by atoms with Gasteiger partial charge >= 0.3 is 0 Å². The van der Waals surface area contributed by atoms with Crippen LogP contribution in [0.1, 0.15) is 82.8 Å². The number of nitrogens with zero attached hydrogens (tertiary/aromatic N) is 3. The highest BCUT2D eigenvalue weighted by Gasteiger charge is 2.40. The molecule has 3 nitrogen and oxygen atoms in total. The molecule has 0 unspecified atom stereocenters. The van der Waals surface area contributed by atoms with Crippen LogP contribution in [0.15, 0.2) is 24.5 Å². The van der Waals surface area contributed by atoms with Crippen LogP contribution in [0.5, 0.6) is 0 Å². The second kappa shape index (κ2) is 9.43. The summed E-state index contributed by atoms with van der Waals surface area (Å²) < 4.78 is 28.0. The molecule has 1 aromatic carbocycles. The molecule has 1 aliphatic carbocycles. The third-order valence-corrected chi connectivity index (χ3v) is 6.44. The molecule has 0 amide bonds. The molecule has 0 N–H and O–H groups in total. The van der Waals surface area contributed by atoms with Gasteiger partial charge in [-0.1, -0.05) is 46.0 Å². The van der Waals surface area contributed by atoms with Gasteiger partial charge in [-0.2, -0.15) is 5.26 Å². The van der Waals surface area contributed by atoms with Crippen LogP contribution in [0.2, 0.25) is 0 Å². The van der Waals surface area contributed by atoms with Crippen LogP contribution in [-0.4, -0.2) is 9.97 Å². The van der Waals surface area contributed by atoms with Gasteiger partial charge in [-0.15, -0.1) is 0 Å². The second-order valence-electron chi connectivity index (χ2n) is 8.21. The van der Waals surface area contributed by atoms with E-state index in [-0.39, 0.29) is 16.8 Å². The quantitative estimate of drug-likeness (QED) is 0.521. The maximum atomic E-state index is 14.0. The van der Waals surface area contributed by atoms with E-state index in [2.05, 4.69) is 23.8 Å². The van der Waals surface area contributed by atoms with Crippen molar-refractivity contribution in [1.82, 2.24) is 9.97 Å². The first-order chi connectivity index (χ1) is 14.1. The smallest absolute Gasteiger partial charge is 0.159 e. The predicted molar refractivity (Wildman–Crippen MR) is 110 cm³/mol. The van der Waals surface area contributed by atoms with Gasteiger partial charge in [0.1, 0.15) is 23.3 Å². The number of rotatable bonds is 7. The van der Waals surface area contributed by atoms with Crippen LogP contribution in [0.25, 0.3) is 11.4 Å². The summed E-state index contributed by atoms with van der Waals surface area (Å²) in [5.41, 5.74) is 0.933. The molecule has 0 aliphatic heterocycles. The Labute approximate surface area is 172 Å². The molecule has 29 heavy (non-hydrogen) atoms. The Balaban J connectivity index is 1.97. The van der Waals surface area contributed by atoms with E-state index in [1.54, 1.807) is 6.07 Å². The Bertz CT molecular complexity index is 836. The lowest BCUT2D eigenvalue weighted by atomic mass is 9.60. The molecule has 0 atom stereocenters. The van der Waals surface area contributed by atoms with Crippen molar-refractivity contribution < 1.29 is 8.78 Å². The number of nitriles is 1. The SMILES string of the molecule is CCCC(CCC)C1(c2cnc(-c3cc(F)c(C#N)c(F)c3)nc2)CCCCC1. The van der Waals surface area contributed by atoms with E-state index in [9.17, 15) is 8.78 Å². The Hall–Kier alpha value is -2.35. The van der Waals surface area contributed by atoms with Crippen molar-refractivity contribution in [2.24, 2.45) is 5.92 Å². The van der Waals surface area contributed by atoms with E-state index in [0.29, 0.717) is 5.92 Å². The van der Waals surface area contributed by atoms with Gasteiger partial charge in [-0.3, -0.25) is 0 Å². The van der Waals surface area contributed by atoms with Crippen LogP contribution in [0, 0.1) is 28.9 Å². The summed E-state index contributed by atoms with van der Waals surface area (Å²) >= 11 is 0. The Morgan fingerprint density at radius 2 is 1.55 bits per heavy atom. The van der Waals surface area contributed by atoms with Gasteiger partial charge in [0.2, 0.25) is 0 Å². The summed E-state index contributed by atoms with van der Waals surface area (Å²) in [5.74, 6) is -0.878. The highest BCUT2D eigenvalue weighted by molar-refractivity contribution is 5.57. The van der Waals surface area contributed by atoms with Crippen molar-refractivity contribution in [1.29, 1.82) is 5.26 Å². The number of halogens is 2. The molecule has 0 bridgehead atoms. The van der Waals surface area contributed by atoms with Gasteiger partial charge in [-0.05, 0) is 49.3 Å². The minimum absolute atomic E-state index is 0.101. The molecule has 1 aliphatic rings. The van der Waals surface area contributed by atoms with Crippen molar-refractivity contribution in [2.45, 2.75) is 77.0 Å². The molecule has 3 rings (SSSR count). The zero-order valence-electron chi connectivity index (χ0n) is 17.3. The molecule has 5 heteroatoms. The number of aromatic nitrogens is 2. The minimum atomic E-state index is -0.884. The van der Waals surface area contributed by atoms with E-state index in [0.717, 1.165) is 43.4 Å². The molecule has 0 spiro atoms. The van der Waals surface area contributed by atoms with E-state index < -0.39 is 17.2 Å². The summed E-state index contributed by atoms with van der Waals surface area (Å²) in [7, 11) is 0. The molecule has 1 saturated carbocycles. The van der Waals surface area contributed by atoms with E-state index in [4.69, 9.17) is 5.26 Å². The second-order valence-corrected chi connectivity index (χ2v) is 8.21. The van der Waals surface area contributed by atoms with Crippen LogP contribution in [-0.2, 0) is 5.41 Å². The third kappa shape index (κ3) is 4.32. The largest absolute Gasteiger partial charge is 0.236 e. The highest BCUT2D eigenvalue weighted by Crippen LogP contribution is 2.48. The fourth-order valence-electron chi connectivity index (χ4n) is 5.05. The fourth-order valence-corrected chi connectivity index (χ4v) is 5.05. The van der Waals surface area contributed by atoms with Gasteiger partial charge in [0, 0.05) is 23.4 Å². The number of benzene rings is 1. The molecule has 154 valence electrons. The van der Waals surface area contributed by atoms with Gasteiger partial charge in [0.25, 0.3) is 0 Å². The third-order valence-electron chi connectivity index (χ3n) is 6.44. The van der Waals surface area contributed by atoms with Crippen molar-refractivity contribution in [3.63, 3.8) is 0 Å². The summed E-state index contributed by atoms with van der Waals surface area (Å²) in [5, 5.41) is 8.85. The Morgan fingerprint density at radius 1 is 1.00 bits per heavy atom. The standard InChI is InChI=1S/C24H29F2N3/c1-3-8-18(9-4-2)24(10-6-5-7-11-24)19-15-28-23(29-16-19)17-12-21(25)20(14-27)22(26)13-17/h12-13,15-16,18H,3-11H2,1-2H3. The number of hydrogen-bond acceptors (Lipinski definition) is 3. The summed E-state index contributed by atoms with van der Waals surface area (Å²) in [6, 6.07) is 3.80. The summed E-state index contributed by atoms with van der Waals surface area (Å²) in [6.45, 7) is 4.49. The monoisotopic (exact) mass is 397 g/mol. The van der Waals surface area contributed by atoms with E-state index in [1.165, 1.54) is 32.1 Å². The van der Waals surface area contributed by atoms with Crippen LogP contribution < -0.4 is 0 Å². The summed E-state index contributed by atoms with van der Waals surface area (Å²) in [6.07, 6.45) is 14.5. The Kier molecular flexibility index (Phi) is 6.95. The molecule has 0 saturated heterocycles. The Morgan fingerprint density at radius 3 is 2.03 bits per heavy atom. The first kappa shape index (κ1) is 21.4. The van der Waals surface area contributed by atoms with Crippen molar-refractivity contribution in [2.75, 3.05) is 0 Å². The lowest BCUT2D eigenvalue weighted by Gasteiger charge is -2.44. The van der Waals surface area contributed by atoms with Crippen molar-refractivity contribution >= 4 is 0 Å².